The van der Waals surface area contributed by atoms with Gasteiger partial charge in [-0.15, -0.1) is 11.3 Å². The minimum atomic E-state index is 0.833. The number of aryl methyl sites for hydroxylation is 2. The highest BCUT2D eigenvalue weighted by molar-refractivity contribution is 7.07. The molecule has 4 nitrogen and oxygen atoms in total. The first-order valence-corrected chi connectivity index (χ1v) is 11.3. The lowest BCUT2D eigenvalue weighted by atomic mass is 10.1. The standard InChI is InChI=1S/C24H29N3OS/c1-3-20-7-9-21(10-8-20)23-18-29-24(25-22-6-4-5-19(2)17-22)27(23)12-11-26-13-15-28-16-14-26/h4-10,17-18H,3,11-16H2,1-2H3. The first-order valence-electron chi connectivity index (χ1n) is 10.4. The second kappa shape index (κ2) is 9.53. The Labute approximate surface area is 177 Å². The molecule has 2 heterocycles. The molecule has 2 aromatic carbocycles. The smallest absolute Gasteiger partial charge is 0.190 e. The average Bonchev–Trinajstić information content (AvgIpc) is 3.15. The molecule has 0 radical (unpaired) electrons. The first kappa shape index (κ1) is 20.1. The zero-order valence-electron chi connectivity index (χ0n) is 17.3. The summed E-state index contributed by atoms with van der Waals surface area (Å²) in [6.07, 6.45) is 1.06. The van der Waals surface area contributed by atoms with Crippen molar-refractivity contribution in [1.82, 2.24) is 9.47 Å². The maximum atomic E-state index is 5.50. The normalized spacial score (nSPS) is 15.7. The van der Waals surface area contributed by atoms with Crippen LogP contribution in [0.3, 0.4) is 0 Å². The van der Waals surface area contributed by atoms with Crippen molar-refractivity contribution >= 4 is 17.0 Å². The number of morpholine rings is 1. The Morgan fingerprint density at radius 1 is 1.03 bits per heavy atom. The lowest BCUT2D eigenvalue weighted by Gasteiger charge is -2.26. The number of hydrogen-bond donors (Lipinski definition) is 0. The Morgan fingerprint density at radius 3 is 2.55 bits per heavy atom. The summed E-state index contributed by atoms with van der Waals surface area (Å²) in [4.78, 5) is 8.52. The molecule has 0 N–H and O–H groups in total. The van der Waals surface area contributed by atoms with Gasteiger partial charge in [0.1, 0.15) is 0 Å². The zero-order chi connectivity index (χ0) is 20.1. The molecule has 0 spiro atoms. The molecular weight excluding hydrogens is 378 g/mol. The SMILES string of the molecule is CCc1ccc(-c2csc(=Nc3cccc(C)c3)n2CCN2CCOCC2)cc1. The number of thiazole rings is 1. The molecule has 0 aliphatic carbocycles. The fourth-order valence-electron chi connectivity index (χ4n) is 3.65. The van der Waals surface area contributed by atoms with Gasteiger partial charge in [0, 0.05) is 31.6 Å². The molecule has 5 heteroatoms. The predicted octanol–water partition coefficient (Wildman–Crippen LogP) is 4.65. The molecule has 152 valence electrons. The summed E-state index contributed by atoms with van der Waals surface area (Å²) in [6, 6.07) is 17.3. The summed E-state index contributed by atoms with van der Waals surface area (Å²) >= 11 is 1.72. The Hall–Kier alpha value is -2.21. The Kier molecular flexibility index (Phi) is 6.60. The van der Waals surface area contributed by atoms with Crippen LogP contribution in [0, 0.1) is 6.92 Å². The van der Waals surface area contributed by atoms with Gasteiger partial charge < -0.3 is 9.30 Å². The number of rotatable bonds is 6. The van der Waals surface area contributed by atoms with Crippen molar-refractivity contribution in [2.75, 3.05) is 32.8 Å². The first-order chi connectivity index (χ1) is 14.2. The summed E-state index contributed by atoms with van der Waals surface area (Å²) < 4.78 is 7.88. The van der Waals surface area contributed by atoms with Crippen LogP contribution in [0.15, 0.2) is 58.9 Å². The van der Waals surface area contributed by atoms with Crippen molar-refractivity contribution < 1.29 is 4.74 Å². The highest BCUT2D eigenvalue weighted by Gasteiger charge is 2.13. The van der Waals surface area contributed by atoms with Gasteiger partial charge in [-0.1, -0.05) is 43.3 Å². The van der Waals surface area contributed by atoms with Crippen molar-refractivity contribution in [3.05, 3.63) is 69.8 Å². The number of hydrogen-bond acceptors (Lipinski definition) is 4. The third kappa shape index (κ3) is 5.04. The van der Waals surface area contributed by atoms with Crippen molar-refractivity contribution in [1.29, 1.82) is 0 Å². The van der Waals surface area contributed by atoms with Crippen molar-refractivity contribution in [3.63, 3.8) is 0 Å². The second-order valence-corrected chi connectivity index (χ2v) is 8.35. The van der Waals surface area contributed by atoms with Crippen LogP contribution in [0.25, 0.3) is 11.3 Å². The van der Waals surface area contributed by atoms with Gasteiger partial charge in [0.15, 0.2) is 4.80 Å². The molecular formula is C24H29N3OS. The van der Waals surface area contributed by atoms with Crippen LogP contribution in [0.2, 0.25) is 0 Å². The van der Waals surface area contributed by atoms with Gasteiger partial charge in [0.25, 0.3) is 0 Å². The Bertz CT molecular complexity index is 997. The van der Waals surface area contributed by atoms with Gasteiger partial charge >= 0.3 is 0 Å². The topological polar surface area (TPSA) is 29.8 Å². The van der Waals surface area contributed by atoms with E-state index in [2.05, 4.69) is 77.2 Å². The summed E-state index contributed by atoms with van der Waals surface area (Å²) in [5, 5.41) is 2.24. The van der Waals surface area contributed by atoms with E-state index in [0.29, 0.717) is 0 Å². The molecule has 0 saturated carbocycles. The molecule has 29 heavy (non-hydrogen) atoms. The molecule has 1 fully saturated rings. The molecule has 1 saturated heterocycles. The molecule has 1 aliphatic rings. The van der Waals surface area contributed by atoms with Crippen LogP contribution in [0.4, 0.5) is 5.69 Å². The van der Waals surface area contributed by atoms with Gasteiger partial charge in [-0.3, -0.25) is 4.90 Å². The molecule has 0 unspecified atom stereocenters. The van der Waals surface area contributed by atoms with Crippen molar-refractivity contribution in [2.24, 2.45) is 4.99 Å². The van der Waals surface area contributed by atoms with E-state index in [1.165, 1.54) is 22.4 Å². The maximum absolute atomic E-state index is 5.50. The van der Waals surface area contributed by atoms with Crippen LogP contribution in [0.1, 0.15) is 18.1 Å². The molecule has 0 amide bonds. The van der Waals surface area contributed by atoms with Gasteiger partial charge in [0.2, 0.25) is 0 Å². The van der Waals surface area contributed by atoms with Crippen molar-refractivity contribution in [3.8, 4) is 11.3 Å². The van der Waals surface area contributed by atoms with Crippen LogP contribution in [0.5, 0.6) is 0 Å². The van der Waals surface area contributed by atoms with E-state index in [0.717, 1.165) is 56.3 Å². The lowest BCUT2D eigenvalue weighted by molar-refractivity contribution is 0.0363. The fraction of sp³-hybridized carbons (Fsp3) is 0.375. The van der Waals surface area contributed by atoms with Gasteiger partial charge in [-0.25, -0.2) is 4.99 Å². The van der Waals surface area contributed by atoms with Crippen LogP contribution >= 0.6 is 11.3 Å². The van der Waals surface area contributed by atoms with E-state index in [1.54, 1.807) is 11.3 Å². The quantitative estimate of drug-likeness (QED) is 0.595. The highest BCUT2D eigenvalue weighted by atomic mass is 32.1. The van der Waals surface area contributed by atoms with Gasteiger partial charge in [-0.2, -0.15) is 0 Å². The number of ether oxygens (including phenoxy) is 1. The third-order valence-electron chi connectivity index (χ3n) is 5.43. The second-order valence-electron chi connectivity index (χ2n) is 7.51. The molecule has 1 aliphatic heterocycles. The van der Waals surface area contributed by atoms with Crippen LogP contribution in [-0.2, 0) is 17.7 Å². The van der Waals surface area contributed by atoms with E-state index < -0.39 is 0 Å². The van der Waals surface area contributed by atoms with Crippen LogP contribution in [-0.4, -0.2) is 42.3 Å². The Balaban J connectivity index is 1.69. The maximum Gasteiger partial charge on any atom is 0.190 e. The summed E-state index contributed by atoms with van der Waals surface area (Å²) in [6.45, 7) is 9.94. The van der Waals surface area contributed by atoms with Crippen LogP contribution < -0.4 is 4.80 Å². The largest absolute Gasteiger partial charge is 0.379 e. The molecule has 0 atom stereocenters. The van der Waals surface area contributed by atoms with E-state index in [4.69, 9.17) is 9.73 Å². The summed E-state index contributed by atoms with van der Waals surface area (Å²) in [7, 11) is 0. The minimum Gasteiger partial charge on any atom is -0.379 e. The Morgan fingerprint density at radius 2 is 1.83 bits per heavy atom. The molecule has 3 aromatic rings. The third-order valence-corrected chi connectivity index (χ3v) is 6.29. The van der Waals surface area contributed by atoms with E-state index in [1.807, 2.05) is 0 Å². The predicted molar refractivity (Wildman–Crippen MR) is 121 cm³/mol. The average molecular weight is 408 g/mol. The zero-order valence-corrected chi connectivity index (χ0v) is 18.1. The van der Waals surface area contributed by atoms with Gasteiger partial charge in [0.05, 0.1) is 24.6 Å². The summed E-state index contributed by atoms with van der Waals surface area (Å²) in [5.74, 6) is 0. The lowest BCUT2D eigenvalue weighted by Crippen LogP contribution is -2.39. The monoisotopic (exact) mass is 407 g/mol. The molecule has 4 rings (SSSR count). The molecule has 0 bridgehead atoms. The number of nitrogens with zero attached hydrogens (tertiary/aromatic N) is 3. The van der Waals surface area contributed by atoms with Crippen molar-refractivity contribution in [2.45, 2.75) is 26.8 Å². The van der Waals surface area contributed by atoms with E-state index in [9.17, 15) is 0 Å². The number of benzene rings is 2. The van der Waals surface area contributed by atoms with Gasteiger partial charge in [-0.05, 0) is 42.2 Å². The number of aromatic nitrogens is 1. The van der Waals surface area contributed by atoms with E-state index >= 15 is 0 Å². The minimum absolute atomic E-state index is 0.833. The van der Waals surface area contributed by atoms with E-state index in [-0.39, 0.29) is 0 Å². The highest BCUT2D eigenvalue weighted by Crippen LogP contribution is 2.22. The fourth-order valence-corrected chi connectivity index (χ4v) is 4.61. The molecule has 1 aromatic heterocycles. The summed E-state index contributed by atoms with van der Waals surface area (Å²) in [5.41, 5.74) is 6.12.